The van der Waals surface area contributed by atoms with Crippen LogP contribution in [0.15, 0.2) is 18.2 Å². The first-order chi connectivity index (χ1) is 6.64. The standard InChI is InChI=1S/C9H6Cl2F4/c1-8(12,9(13,14)15)5-2-6(10)4-7(11)3-5/h2-4H,1H3. The van der Waals surface area contributed by atoms with Crippen molar-refractivity contribution in [1.82, 2.24) is 0 Å². The zero-order valence-corrected chi connectivity index (χ0v) is 9.01. The molecule has 0 spiro atoms. The summed E-state index contributed by atoms with van der Waals surface area (Å²) in [6.07, 6.45) is -5.00. The minimum Gasteiger partial charge on any atom is -0.229 e. The van der Waals surface area contributed by atoms with E-state index in [4.69, 9.17) is 23.2 Å². The normalized spacial score (nSPS) is 16.2. The molecule has 0 nitrogen and oxygen atoms in total. The van der Waals surface area contributed by atoms with E-state index < -0.39 is 17.4 Å². The number of halogens is 6. The largest absolute Gasteiger partial charge is 0.426 e. The van der Waals surface area contributed by atoms with Crippen LogP contribution < -0.4 is 0 Å². The van der Waals surface area contributed by atoms with Crippen LogP contribution in [0.3, 0.4) is 0 Å². The number of benzene rings is 1. The number of rotatable bonds is 1. The fourth-order valence-electron chi connectivity index (χ4n) is 0.989. The molecule has 0 aliphatic rings. The summed E-state index contributed by atoms with van der Waals surface area (Å²) in [6.45, 7) is 0.426. The topological polar surface area (TPSA) is 0 Å². The first-order valence-electron chi connectivity index (χ1n) is 3.87. The number of hydrogen-bond acceptors (Lipinski definition) is 0. The Bertz CT molecular complexity index is 351. The Labute approximate surface area is 93.8 Å². The molecule has 1 unspecified atom stereocenters. The van der Waals surface area contributed by atoms with E-state index in [2.05, 4.69) is 0 Å². The zero-order valence-electron chi connectivity index (χ0n) is 7.50. The van der Waals surface area contributed by atoms with Crippen LogP contribution in [0.25, 0.3) is 0 Å². The van der Waals surface area contributed by atoms with Crippen molar-refractivity contribution in [2.24, 2.45) is 0 Å². The minimum absolute atomic E-state index is 0.0365. The zero-order chi connectivity index (χ0) is 11.9. The summed E-state index contributed by atoms with van der Waals surface area (Å²) >= 11 is 11.0. The molecule has 0 aromatic heterocycles. The van der Waals surface area contributed by atoms with Crippen LogP contribution in [-0.2, 0) is 5.67 Å². The van der Waals surface area contributed by atoms with Crippen molar-refractivity contribution in [2.75, 3.05) is 0 Å². The maximum Gasteiger partial charge on any atom is 0.426 e. The lowest BCUT2D eigenvalue weighted by molar-refractivity contribution is -0.228. The molecule has 0 aliphatic carbocycles. The summed E-state index contributed by atoms with van der Waals surface area (Å²) in [5.74, 6) is 0. The van der Waals surface area contributed by atoms with Crippen LogP contribution in [0.5, 0.6) is 0 Å². The molecule has 0 N–H and O–H groups in total. The fourth-order valence-corrected chi connectivity index (χ4v) is 1.51. The molecule has 0 fully saturated rings. The van der Waals surface area contributed by atoms with E-state index in [0.717, 1.165) is 12.1 Å². The third-order valence-electron chi connectivity index (χ3n) is 1.94. The van der Waals surface area contributed by atoms with Crippen molar-refractivity contribution >= 4 is 23.2 Å². The van der Waals surface area contributed by atoms with Crippen LogP contribution in [0.1, 0.15) is 12.5 Å². The molecule has 0 heterocycles. The first-order valence-corrected chi connectivity index (χ1v) is 4.62. The Balaban J connectivity index is 3.27. The smallest absolute Gasteiger partial charge is 0.229 e. The molecule has 0 saturated heterocycles. The summed E-state index contributed by atoms with van der Waals surface area (Å²) in [5, 5.41) is -0.0729. The van der Waals surface area contributed by atoms with Gasteiger partial charge in [-0.15, -0.1) is 0 Å². The molecule has 0 bridgehead atoms. The molecule has 0 radical (unpaired) electrons. The molecular weight excluding hydrogens is 255 g/mol. The van der Waals surface area contributed by atoms with Crippen molar-refractivity contribution in [3.8, 4) is 0 Å². The molecule has 1 atom stereocenters. The molecular formula is C9H6Cl2F4. The molecule has 1 aromatic carbocycles. The maximum absolute atomic E-state index is 13.4. The third kappa shape index (κ3) is 2.55. The van der Waals surface area contributed by atoms with Crippen molar-refractivity contribution < 1.29 is 17.6 Å². The maximum atomic E-state index is 13.4. The average Bonchev–Trinajstić information content (AvgIpc) is 1.99. The van der Waals surface area contributed by atoms with Gasteiger partial charge in [-0.3, -0.25) is 0 Å². The van der Waals surface area contributed by atoms with Crippen molar-refractivity contribution in [2.45, 2.75) is 18.8 Å². The second kappa shape index (κ2) is 3.83. The van der Waals surface area contributed by atoms with E-state index in [0.29, 0.717) is 6.92 Å². The highest BCUT2D eigenvalue weighted by molar-refractivity contribution is 6.34. The average molecular weight is 261 g/mol. The highest BCUT2D eigenvalue weighted by atomic mass is 35.5. The number of hydrogen-bond donors (Lipinski definition) is 0. The van der Waals surface area contributed by atoms with E-state index in [-0.39, 0.29) is 10.0 Å². The van der Waals surface area contributed by atoms with Gasteiger partial charge in [0.15, 0.2) is 0 Å². The Morgan fingerprint density at radius 2 is 1.33 bits per heavy atom. The minimum atomic E-state index is -5.00. The predicted molar refractivity (Wildman–Crippen MR) is 51.0 cm³/mol. The number of alkyl halides is 4. The lowest BCUT2D eigenvalue weighted by Gasteiger charge is -2.24. The molecule has 0 saturated carbocycles. The summed E-state index contributed by atoms with van der Waals surface area (Å²) in [6, 6.07) is 3.04. The van der Waals surface area contributed by atoms with Gasteiger partial charge in [0, 0.05) is 15.6 Å². The van der Waals surface area contributed by atoms with Crippen molar-refractivity contribution in [3.63, 3.8) is 0 Å². The van der Waals surface area contributed by atoms with Gasteiger partial charge >= 0.3 is 6.18 Å². The second-order valence-electron chi connectivity index (χ2n) is 3.16. The van der Waals surface area contributed by atoms with Crippen LogP contribution in [0, 0.1) is 0 Å². The predicted octanol–water partition coefficient (Wildman–Crippen LogP) is 4.74. The van der Waals surface area contributed by atoms with Gasteiger partial charge in [-0.05, 0) is 25.1 Å². The molecule has 1 rings (SSSR count). The molecule has 0 aliphatic heterocycles. The first kappa shape index (κ1) is 12.6. The lowest BCUT2D eigenvalue weighted by atomic mass is 9.97. The lowest BCUT2D eigenvalue weighted by Crippen LogP contribution is -2.34. The summed E-state index contributed by atoms with van der Waals surface area (Å²) < 4.78 is 50.4. The Morgan fingerprint density at radius 3 is 1.67 bits per heavy atom. The van der Waals surface area contributed by atoms with Crippen molar-refractivity contribution in [1.29, 1.82) is 0 Å². The van der Waals surface area contributed by atoms with E-state index in [1.165, 1.54) is 6.07 Å². The monoisotopic (exact) mass is 260 g/mol. The van der Waals surface area contributed by atoms with Gasteiger partial charge in [0.05, 0.1) is 0 Å². The van der Waals surface area contributed by atoms with E-state index in [1.54, 1.807) is 0 Å². The highest BCUT2D eigenvalue weighted by Crippen LogP contribution is 2.43. The summed E-state index contributed by atoms with van der Waals surface area (Å²) in [4.78, 5) is 0. The second-order valence-corrected chi connectivity index (χ2v) is 4.03. The molecule has 1 aromatic rings. The van der Waals surface area contributed by atoms with Gasteiger partial charge in [-0.2, -0.15) is 13.2 Å². The van der Waals surface area contributed by atoms with Crippen LogP contribution in [-0.4, -0.2) is 6.18 Å². The van der Waals surface area contributed by atoms with Gasteiger partial charge in [0.2, 0.25) is 5.67 Å². The van der Waals surface area contributed by atoms with Gasteiger partial charge in [-0.25, -0.2) is 4.39 Å². The van der Waals surface area contributed by atoms with Crippen LogP contribution in [0.4, 0.5) is 17.6 Å². The van der Waals surface area contributed by atoms with Gasteiger partial charge in [-0.1, -0.05) is 23.2 Å². The molecule has 84 valence electrons. The third-order valence-corrected chi connectivity index (χ3v) is 2.37. The Hall–Kier alpha value is -0.480. The van der Waals surface area contributed by atoms with Gasteiger partial charge < -0.3 is 0 Å². The summed E-state index contributed by atoms with van der Waals surface area (Å²) in [5.41, 5.74) is -4.06. The van der Waals surface area contributed by atoms with Crippen molar-refractivity contribution in [3.05, 3.63) is 33.8 Å². The SMILES string of the molecule is CC(F)(c1cc(Cl)cc(Cl)c1)C(F)(F)F. The van der Waals surface area contributed by atoms with Crippen LogP contribution in [0.2, 0.25) is 10.0 Å². The Morgan fingerprint density at radius 1 is 0.933 bits per heavy atom. The fraction of sp³-hybridized carbons (Fsp3) is 0.333. The summed E-state index contributed by atoms with van der Waals surface area (Å²) in [7, 11) is 0. The van der Waals surface area contributed by atoms with Gasteiger partial charge in [0.25, 0.3) is 0 Å². The highest BCUT2D eigenvalue weighted by Gasteiger charge is 2.53. The van der Waals surface area contributed by atoms with E-state index in [1.807, 2.05) is 0 Å². The molecule has 0 amide bonds. The quantitative estimate of drug-likeness (QED) is 0.640. The van der Waals surface area contributed by atoms with Gasteiger partial charge in [0.1, 0.15) is 0 Å². The van der Waals surface area contributed by atoms with Crippen LogP contribution >= 0.6 is 23.2 Å². The Kier molecular flexibility index (Phi) is 3.22. The van der Waals surface area contributed by atoms with E-state index in [9.17, 15) is 17.6 Å². The molecule has 6 heteroatoms. The van der Waals surface area contributed by atoms with E-state index >= 15 is 0 Å². The molecule has 15 heavy (non-hydrogen) atoms.